The number of hydrogen-bond acceptors (Lipinski definition) is 6. The highest BCUT2D eigenvalue weighted by Gasteiger charge is 2.20. The van der Waals surface area contributed by atoms with E-state index in [1.54, 1.807) is 0 Å². The predicted octanol–water partition coefficient (Wildman–Crippen LogP) is 3.62. The first-order chi connectivity index (χ1) is 16.9. The Labute approximate surface area is 213 Å². The maximum atomic E-state index is 5.79. The van der Waals surface area contributed by atoms with Gasteiger partial charge in [0.1, 0.15) is 0 Å². The maximum Gasteiger partial charge on any atom is 0.0691 e. The van der Waals surface area contributed by atoms with Gasteiger partial charge in [-0.25, -0.2) is 0 Å². The van der Waals surface area contributed by atoms with E-state index in [4.69, 9.17) is 5.73 Å². The zero-order valence-corrected chi connectivity index (χ0v) is 21.9. The number of rotatable bonds is 17. The van der Waals surface area contributed by atoms with Gasteiger partial charge in [-0.3, -0.25) is 0 Å². The van der Waals surface area contributed by atoms with E-state index in [9.17, 15) is 0 Å². The van der Waals surface area contributed by atoms with E-state index in [-0.39, 0.29) is 12.1 Å². The molecular weight excluding hydrogens is 432 g/mol. The summed E-state index contributed by atoms with van der Waals surface area (Å²) in [6, 6.07) is 10.5. The summed E-state index contributed by atoms with van der Waals surface area (Å²) in [6.45, 7) is 21.3. The molecule has 2 unspecified atom stereocenters. The Kier molecular flexibility index (Phi) is 13.1. The minimum atomic E-state index is -0.0141. The first-order valence-corrected chi connectivity index (χ1v) is 13.1. The van der Waals surface area contributed by atoms with Gasteiger partial charge in [-0.1, -0.05) is 69.5 Å². The second-order valence-electron chi connectivity index (χ2n) is 9.51. The molecule has 1 heterocycles. The number of hydrogen-bond donors (Lipinski definition) is 5. The zero-order valence-electron chi connectivity index (χ0n) is 21.9. The molecule has 0 bridgehead atoms. The van der Waals surface area contributed by atoms with Crippen molar-refractivity contribution >= 4 is 0 Å². The Morgan fingerprint density at radius 3 is 2.23 bits per heavy atom. The SMILES string of the molecule is C=C(CN)NC(Cc1ccccc1)C(=C)NCC(=C)NC(CCCNC)C(=C)N1CCCCCC1. The van der Waals surface area contributed by atoms with Crippen molar-refractivity contribution in [2.24, 2.45) is 5.73 Å². The summed E-state index contributed by atoms with van der Waals surface area (Å²) in [5.74, 6) is 0. The van der Waals surface area contributed by atoms with Crippen LogP contribution in [0.15, 0.2) is 79.4 Å². The largest absolute Gasteiger partial charge is 0.382 e. The van der Waals surface area contributed by atoms with Crippen molar-refractivity contribution < 1.29 is 0 Å². The van der Waals surface area contributed by atoms with Crippen LogP contribution in [-0.4, -0.2) is 56.8 Å². The van der Waals surface area contributed by atoms with E-state index >= 15 is 0 Å². The summed E-state index contributed by atoms with van der Waals surface area (Å²) >= 11 is 0. The topological polar surface area (TPSA) is 77.4 Å². The average molecular weight is 481 g/mol. The third-order valence-corrected chi connectivity index (χ3v) is 6.57. The highest BCUT2D eigenvalue weighted by molar-refractivity contribution is 5.21. The summed E-state index contributed by atoms with van der Waals surface area (Å²) in [7, 11) is 2.00. The molecule has 194 valence electrons. The van der Waals surface area contributed by atoms with Crippen LogP contribution in [-0.2, 0) is 6.42 Å². The monoisotopic (exact) mass is 480 g/mol. The second-order valence-corrected chi connectivity index (χ2v) is 9.51. The number of nitrogens with one attached hydrogen (secondary N) is 4. The van der Waals surface area contributed by atoms with Crippen molar-refractivity contribution in [3.63, 3.8) is 0 Å². The minimum Gasteiger partial charge on any atom is -0.382 e. The van der Waals surface area contributed by atoms with Gasteiger partial charge in [-0.05, 0) is 51.3 Å². The fourth-order valence-electron chi connectivity index (χ4n) is 4.44. The number of likely N-dealkylation sites (tertiary alicyclic amines) is 1. The summed E-state index contributed by atoms with van der Waals surface area (Å²) in [5.41, 5.74) is 10.8. The van der Waals surface area contributed by atoms with E-state index in [0.717, 1.165) is 56.0 Å². The van der Waals surface area contributed by atoms with Crippen LogP contribution in [0.4, 0.5) is 0 Å². The molecule has 0 aliphatic carbocycles. The van der Waals surface area contributed by atoms with E-state index < -0.39 is 0 Å². The molecule has 1 fully saturated rings. The maximum absolute atomic E-state index is 5.79. The Bertz CT molecular complexity index is 795. The van der Waals surface area contributed by atoms with Crippen molar-refractivity contribution in [3.8, 4) is 0 Å². The molecule has 6 N–H and O–H groups in total. The van der Waals surface area contributed by atoms with E-state index in [0.29, 0.717) is 13.1 Å². The van der Waals surface area contributed by atoms with Crippen LogP contribution in [0.3, 0.4) is 0 Å². The van der Waals surface area contributed by atoms with Crippen LogP contribution >= 0.6 is 0 Å². The number of benzene rings is 1. The lowest BCUT2D eigenvalue weighted by Gasteiger charge is -2.33. The molecule has 6 nitrogen and oxygen atoms in total. The van der Waals surface area contributed by atoms with Gasteiger partial charge in [0.05, 0.1) is 18.6 Å². The summed E-state index contributed by atoms with van der Waals surface area (Å²) in [5, 5.41) is 13.8. The summed E-state index contributed by atoms with van der Waals surface area (Å²) in [6.07, 6.45) is 8.01. The molecule has 2 atom stereocenters. The third kappa shape index (κ3) is 10.6. The van der Waals surface area contributed by atoms with Crippen molar-refractivity contribution in [2.75, 3.05) is 39.8 Å². The van der Waals surface area contributed by atoms with Crippen LogP contribution < -0.4 is 27.0 Å². The van der Waals surface area contributed by atoms with E-state index in [1.807, 2.05) is 13.1 Å². The summed E-state index contributed by atoms with van der Waals surface area (Å²) in [4.78, 5) is 2.47. The van der Waals surface area contributed by atoms with Gasteiger partial charge >= 0.3 is 0 Å². The van der Waals surface area contributed by atoms with Gasteiger partial charge < -0.3 is 31.9 Å². The quantitative estimate of drug-likeness (QED) is 0.219. The van der Waals surface area contributed by atoms with Crippen LogP contribution in [0.1, 0.15) is 44.1 Å². The number of nitrogens with two attached hydrogens (primary N) is 1. The molecule has 1 aromatic carbocycles. The predicted molar refractivity (Wildman–Crippen MR) is 151 cm³/mol. The minimum absolute atomic E-state index is 0.0141. The van der Waals surface area contributed by atoms with Crippen molar-refractivity contribution in [1.82, 2.24) is 26.2 Å². The highest BCUT2D eigenvalue weighted by Crippen LogP contribution is 2.19. The Morgan fingerprint density at radius 2 is 1.60 bits per heavy atom. The molecule has 0 aromatic heterocycles. The smallest absolute Gasteiger partial charge is 0.0691 e. The normalized spacial score (nSPS) is 15.4. The molecule has 1 aliphatic heterocycles. The summed E-state index contributed by atoms with van der Waals surface area (Å²) < 4.78 is 0. The fraction of sp³-hybridized carbons (Fsp3) is 0.517. The second kappa shape index (κ2) is 16.1. The van der Waals surface area contributed by atoms with Gasteiger partial charge in [0, 0.05) is 42.4 Å². The van der Waals surface area contributed by atoms with Gasteiger partial charge in [-0.15, -0.1) is 0 Å². The van der Waals surface area contributed by atoms with Crippen LogP contribution in [0.25, 0.3) is 0 Å². The lowest BCUT2D eigenvalue weighted by molar-refractivity contribution is 0.317. The first-order valence-electron chi connectivity index (χ1n) is 13.1. The van der Waals surface area contributed by atoms with Gasteiger partial charge in [0.2, 0.25) is 0 Å². The molecule has 1 aromatic rings. The van der Waals surface area contributed by atoms with Crippen molar-refractivity contribution in [1.29, 1.82) is 0 Å². The molecule has 0 saturated carbocycles. The zero-order chi connectivity index (χ0) is 25.5. The fourth-order valence-corrected chi connectivity index (χ4v) is 4.44. The van der Waals surface area contributed by atoms with E-state index in [1.165, 1.54) is 36.9 Å². The first kappa shape index (κ1) is 28.5. The van der Waals surface area contributed by atoms with Crippen LogP contribution in [0.5, 0.6) is 0 Å². The highest BCUT2D eigenvalue weighted by atomic mass is 15.2. The molecule has 2 rings (SSSR count). The van der Waals surface area contributed by atoms with Gasteiger partial charge in [-0.2, -0.15) is 0 Å². The van der Waals surface area contributed by atoms with Crippen molar-refractivity contribution in [3.05, 3.63) is 85.0 Å². The van der Waals surface area contributed by atoms with Gasteiger partial charge in [0.25, 0.3) is 0 Å². The average Bonchev–Trinajstić information content (AvgIpc) is 3.16. The molecule has 6 heteroatoms. The van der Waals surface area contributed by atoms with Crippen LogP contribution in [0.2, 0.25) is 0 Å². The molecule has 35 heavy (non-hydrogen) atoms. The molecule has 0 amide bonds. The third-order valence-electron chi connectivity index (χ3n) is 6.57. The molecule has 0 spiro atoms. The lowest BCUT2D eigenvalue weighted by atomic mass is 10.0. The standard InChI is InChI=1S/C29H48N6/c1-23(21-30)33-29(20-27-14-9-8-10-15-27)25(3)32-22-24(2)34-28(16-13-17-31-5)26(4)35-18-11-6-7-12-19-35/h8-10,14-15,28-29,31-34H,1-4,6-7,11-13,16-22,30H2,5H3. The molecule has 0 radical (unpaired) electrons. The Morgan fingerprint density at radius 1 is 0.943 bits per heavy atom. The van der Waals surface area contributed by atoms with Crippen molar-refractivity contribution in [2.45, 2.75) is 57.0 Å². The number of nitrogens with zero attached hydrogens (tertiary/aromatic N) is 1. The molecule has 1 saturated heterocycles. The van der Waals surface area contributed by atoms with Gasteiger partial charge in [0.15, 0.2) is 0 Å². The Hall–Kier alpha value is -2.70. The van der Waals surface area contributed by atoms with E-state index in [2.05, 4.69) is 76.7 Å². The lowest BCUT2D eigenvalue weighted by Crippen LogP contribution is -2.42. The van der Waals surface area contributed by atoms with Crippen LogP contribution in [0, 0.1) is 0 Å². The molecule has 1 aliphatic rings. The molecular formula is C29H48N6. The Balaban J connectivity index is 1.96.